The van der Waals surface area contributed by atoms with E-state index < -0.39 is 6.10 Å². The number of aromatic nitrogens is 1. The number of nitrogens with one attached hydrogen (secondary N) is 2. The van der Waals surface area contributed by atoms with Crippen LogP contribution in [0.1, 0.15) is 19.4 Å². The Balaban J connectivity index is 0.00000341. The smallest absolute Gasteiger partial charge is 0.248 e. The van der Waals surface area contributed by atoms with Crippen LogP contribution in [0.2, 0.25) is 0 Å². The minimum Gasteiger partial charge on any atom is -0.491 e. The molecule has 2 aromatic carbocycles. The Hall–Kier alpha value is -2.74. The molecule has 0 fully saturated rings. The van der Waals surface area contributed by atoms with Gasteiger partial charge in [0, 0.05) is 30.1 Å². The Kier molecular flexibility index (Phi) is 9.65. The summed E-state index contributed by atoms with van der Waals surface area (Å²) in [5.74, 6) is 2.10. The van der Waals surface area contributed by atoms with Crippen LogP contribution in [0.15, 0.2) is 53.3 Å². The summed E-state index contributed by atoms with van der Waals surface area (Å²) in [4.78, 5) is 14.1. The number of fused-ring (bicyclic) bond motifs is 1. The molecule has 0 radical (unpaired) electrons. The fourth-order valence-electron chi connectivity index (χ4n) is 3.06. The highest BCUT2D eigenvalue weighted by Gasteiger charge is 2.08. The predicted octanol–water partition coefficient (Wildman–Crippen LogP) is 3.28. The minimum atomic E-state index is -0.662. The molecule has 0 amide bonds. The van der Waals surface area contributed by atoms with E-state index >= 15 is 0 Å². The Morgan fingerprint density at radius 3 is 2.52 bits per heavy atom. The number of aromatic amines is 1. The van der Waals surface area contributed by atoms with Gasteiger partial charge in [-0.25, -0.2) is 0 Å². The Morgan fingerprint density at radius 1 is 0.968 bits per heavy atom. The zero-order chi connectivity index (χ0) is 21.3. The Morgan fingerprint density at radius 2 is 1.74 bits per heavy atom. The topological polar surface area (TPSA) is 92.8 Å². The third-order valence-corrected chi connectivity index (χ3v) is 4.45. The lowest BCUT2D eigenvalue weighted by molar-refractivity contribution is 0.106. The fraction of sp³-hybridized carbons (Fsp3) is 0.348. The molecule has 0 saturated carbocycles. The second-order valence-corrected chi connectivity index (χ2v) is 6.81. The van der Waals surface area contributed by atoms with Crippen molar-refractivity contribution in [3.63, 3.8) is 0 Å². The number of aliphatic hydroxyl groups excluding tert-OH is 1. The van der Waals surface area contributed by atoms with Crippen molar-refractivity contribution >= 4 is 23.3 Å². The molecular weight excluding hydrogens is 420 g/mol. The molecule has 0 saturated heterocycles. The number of rotatable bonds is 11. The number of H-pyrrole nitrogens is 1. The number of hydrogen-bond acceptors (Lipinski definition) is 6. The van der Waals surface area contributed by atoms with Crippen LogP contribution in [-0.4, -0.2) is 42.6 Å². The SMILES string of the molecule is CCOc1ccc(CNC[C@@H](O)COc2ccc3[nH]c(=O)ccc3c2)cc1OCC.Cl. The highest BCUT2D eigenvalue weighted by atomic mass is 35.5. The first-order valence-corrected chi connectivity index (χ1v) is 10.1. The van der Waals surface area contributed by atoms with Gasteiger partial charge in [-0.3, -0.25) is 4.79 Å². The molecule has 1 heterocycles. The van der Waals surface area contributed by atoms with E-state index in [1.165, 1.54) is 6.07 Å². The van der Waals surface area contributed by atoms with E-state index in [9.17, 15) is 9.90 Å². The maximum atomic E-state index is 11.3. The van der Waals surface area contributed by atoms with E-state index in [1.807, 2.05) is 38.1 Å². The van der Waals surface area contributed by atoms with Crippen molar-refractivity contribution in [2.45, 2.75) is 26.5 Å². The summed E-state index contributed by atoms with van der Waals surface area (Å²) in [6.45, 7) is 6.16. The summed E-state index contributed by atoms with van der Waals surface area (Å²) in [7, 11) is 0. The van der Waals surface area contributed by atoms with Gasteiger partial charge in [0.1, 0.15) is 18.5 Å². The quantitative estimate of drug-likeness (QED) is 0.417. The molecular formula is C23H29ClN2O5. The largest absolute Gasteiger partial charge is 0.491 e. The van der Waals surface area contributed by atoms with Crippen molar-refractivity contribution in [3.8, 4) is 17.2 Å². The van der Waals surface area contributed by atoms with E-state index in [-0.39, 0.29) is 24.6 Å². The maximum absolute atomic E-state index is 11.3. The average Bonchev–Trinajstić information content (AvgIpc) is 2.74. The molecule has 0 spiro atoms. The van der Waals surface area contributed by atoms with Crippen LogP contribution in [-0.2, 0) is 6.54 Å². The second-order valence-electron chi connectivity index (χ2n) is 6.81. The monoisotopic (exact) mass is 448 g/mol. The van der Waals surface area contributed by atoms with E-state index in [4.69, 9.17) is 14.2 Å². The van der Waals surface area contributed by atoms with Gasteiger partial charge in [-0.1, -0.05) is 6.07 Å². The van der Waals surface area contributed by atoms with E-state index in [2.05, 4.69) is 10.3 Å². The average molecular weight is 449 g/mol. The van der Waals surface area contributed by atoms with Gasteiger partial charge in [0.25, 0.3) is 0 Å². The molecule has 0 unspecified atom stereocenters. The second kappa shape index (κ2) is 12.2. The van der Waals surface area contributed by atoms with Gasteiger partial charge in [0.05, 0.1) is 13.2 Å². The molecule has 0 bridgehead atoms. The highest BCUT2D eigenvalue weighted by Crippen LogP contribution is 2.28. The zero-order valence-corrected chi connectivity index (χ0v) is 18.5. The molecule has 3 rings (SSSR count). The first-order valence-electron chi connectivity index (χ1n) is 10.1. The van der Waals surface area contributed by atoms with Gasteiger partial charge in [0.2, 0.25) is 5.56 Å². The molecule has 0 aliphatic carbocycles. The number of hydrogen-bond donors (Lipinski definition) is 3. The molecule has 1 aromatic heterocycles. The number of pyridine rings is 1. The standard InChI is InChI=1S/C23H28N2O5.ClH/c1-3-28-21-9-5-16(11-22(21)29-4-2)13-24-14-18(26)15-30-19-7-8-20-17(12-19)6-10-23(27)25-20;/h5-12,18,24,26H,3-4,13-15H2,1-2H3,(H,25,27);1H/t18-;/m1./s1. The van der Waals surface area contributed by atoms with Crippen LogP contribution in [0.4, 0.5) is 0 Å². The molecule has 0 aliphatic heterocycles. The van der Waals surface area contributed by atoms with Crippen molar-refractivity contribution < 1.29 is 19.3 Å². The normalized spacial score (nSPS) is 11.6. The minimum absolute atomic E-state index is 0. The van der Waals surface area contributed by atoms with Crippen molar-refractivity contribution in [2.75, 3.05) is 26.4 Å². The Bertz CT molecular complexity index is 1020. The van der Waals surface area contributed by atoms with Crippen LogP contribution < -0.4 is 25.1 Å². The molecule has 168 valence electrons. The summed E-state index contributed by atoms with van der Waals surface area (Å²) < 4.78 is 16.9. The number of ether oxygens (including phenoxy) is 3. The number of halogens is 1. The molecule has 3 aromatic rings. The lowest BCUT2D eigenvalue weighted by Crippen LogP contribution is -2.31. The molecule has 0 aliphatic rings. The van der Waals surface area contributed by atoms with Crippen molar-refractivity contribution in [1.82, 2.24) is 10.3 Å². The fourth-order valence-corrected chi connectivity index (χ4v) is 3.06. The predicted molar refractivity (Wildman–Crippen MR) is 124 cm³/mol. The summed E-state index contributed by atoms with van der Waals surface area (Å²) in [6.07, 6.45) is -0.662. The summed E-state index contributed by atoms with van der Waals surface area (Å²) >= 11 is 0. The van der Waals surface area contributed by atoms with E-state index in [0.717, 1.165) is 28.0 Å². The van der Waals surface area contributed by atoms with Crippen LogP contribution in [0, 0.1) is 0 Å². The lowest BCUT2D eigenvalue weighted by Gasteiger charge is -2.15. The number of aliphatic hydroxyl groups is 1. The van der Waals surface area contributed by atoms with Crippen LogP contribution in [0.3, 0.4) is 0 Å². The van der Waals surface area contributed by atoms with Crippen molar-refractivity contribution in [3.05, 3.63) is 64.4 Å². The first-order chi connectivity index (χ1) is 14.6. The Labute approximate surface area is 187 Å². The van der Waals surface area contributed by atoms with E-state index in [1.54, 1.807) is 18.2 Å². The van der Waals surface area contributed by atoms with Gasteiger partial charge in [0.15, 0.2) is 11.5 Å². The molecule has 1 atom stereocenters. The maximum Gasteiger partial charge on any atom is 0.248 e. The van der Waals surface area contributed by atoms with E-state index in [0.29, 0.717) is 32.1 Å². The van der Waals surface area contributed by atoms with Crippen molar-refractivity contribution in [1.29, 1.82) is 0 Å². The third-order valence-electron chi connectivity index (χ3n) is 4.45. The molecule has 31 heavy (non-hydrogen) atoms. The summed E-state index contributed by atoms with van der Waals surface area (Å²) in [5.41, 5.74) is 1.65. The highest BCUT2D eigenvalue weighted by molar-refractivity contribution is 5.85. The van der Waals surface area contributed by atoms with Gasteiger partial charge in [-0.2, -0.15) is 0 Å². The summed E-state index contributed by atoms with van der Waals surface area (Å²) in [6, 6.07) is 14.4. The molecule has 3 N–H and O–H groups in total. The van der Waals surface area contributed by atoms with Gasteiger partial charge >= 0.3 is 0 Å². The van der Waals surface area contributed by atoms with Gasteiger partial charge in [-0.15, -0.1) is 12.4 Å². The van der Waals surface area contributed by atoms with Crippen LogP contribution in [0.5, 0.6) is 17.2 Å². The van der Waals surface area contributed by atoms with Crippen molar-refractivity contribution in [2.24, 2.45) is 0 Å². The van der Waals surface area contributed by atoms with Crippen LogP contribution >= 0.6 is 12.4 Å². The molecule has 8 heteroatoms. The van der Waals surface area contributed by atoms with Gasteiger partial charge in [-0.05, 0) is 55.8 Å². The first kappa shape index (κ1) is 24.5. The van der Waals surface area contributed by atoms with Gasteiger partial charge < -0.3 is 29.6 Å². The zero-order valence-electron chi connectivity index (χ0n) is 17.7. The lowest BCUT2D eigenvalue weighted by atomic mass is 10.2. The van der Waals surface area contributed by atoms with Crippen LogP contribution in [0.25, 0.3) is 10.9 Å². The molecule has 7 nitrogen and oxygen atoms in total. The third kappa shape index (κ3) is 7.17. The number of benzene rings is 2. The summed E-state index contributed by atoms with van der Waals surface area (Å²) in [5, 5.41) is 14.3.